The van der Waals surface area contributed by atoms with Crippen LogP contribution < -0.4 is 0 Å². The Morgan fingerprint density at radius 2 is 1.87 bits per heavy atom. The van der Waals surface area contributed by atoms with Gasteiger partial charge in [0.05, 0.1) is 6.10 Å². The van der Waals surface area contributed by atoms with Crippen LogP contribution in [0.3, 0.4) is 0 Å². The van der Waals surface area contributed by atoms with E-state index in [0.717, 1.165) is 6.07 Å². The van der Waals surface area contributed by atoms with E-state index >= 15 is 0 Å². The monoisotopic (exact) mass is 214 g/mol. The minimum absolute atomic E-state index is 0.0323. The Kier molecular flexibility index (Phi) is 3.45. The molecule has 0 aliphatic heterocycles. The molecule has 1 aromatic carbocycles. The standard InChI is InChI=1S/C12H16F2O/c1-12(2,3)7-10(15)8-5-4-6-9(13)11(8)14/h4-6,10,15H,7H2,1-3H3. The van der Waals surface area contributed by atoms with Crippen LogP contribution in [0.15, 0.2) is 18.2 Å². The second-order valence-corrected chi connectivity index (χ2v) is 4.92. The summed E-state index contributed by atoms with van der Waals surface area (Å²) in [5.41, 5.74) is -0.0945. The highest BCUT2D eigenvalue weighted by atomic mass is 19.2. The van der Waals surface area contributed by atoms with Crippen molar-refractivity contribution in [2.75, 3.05) is 0 Å². The largest absolute Gasteiger partial charge is 0.388 e. The number of rotatable bonds is 2. The lowest BCUT2D eigenvalue weighted by molar-refractivity contribution is 0.118. The highest BCUT2D eigenvalue weighted by Gasteiger charge is 2.21. The van der Waals surface area contributed by atoms with E-state index in [1.807, 2.05) is 20.8 Å². The van der Waals surface area contributed by atoms with Gasteiger partial charge in [0.1, 0.15) is 0 Å². The van der Waals surface area contributed by atoms with Crippen LogP contribution in [0, 0.1) is 17.0 Å². The van der Waals surface area contributed by atoms with Gasteiger partial charge >= 0.3 is 0 Å². The van der Waals surface area contributed by atoms with Gasteiger partial charge in [0.2, 0.25) is 0 Å². The van der Waals surface area contributed by atoms with Crippen molar-refractivity contribution >= 4 is 0 Å². The second-order valence-electron chi connectivity index (χ2n) is 4.92. The fourth-order valence-corrected chi connectivity index (χ4v) is 1.47. The molecule has 1 rings (SSSR count). The molecule has 0 aliphatic carbocycles. The van der Waals surface area contributed by atoms with Crippen LogP contribution in [0.1, 0.15) is 38.9 Å². The maximum atomic E-state index is 13.3. The molecule has 0 radical (unpaired) electrons. The first-order valence-corrected chi connectivity index (χ1v) is 4.93. The third kappa shape index (κ3) is 3.27. The van der Waals surface area contributed by atoms with Gasteiger partial charge in [-0.25, -0.2) is 8.78 Å². The lowest BCUT2D eigenvalue weighted by Gasteiger charge is -2.22. The van der Waals surface area contributed by atoms with Crippen molar-refractivity contribution < 1.29 is 13.9 Å². The first-order valence-electron chi connectivity index (χ1n) is 4.93. The minimum Gasteiger partial charge on any atom is -0.388 e. The smallest absolute Gasteiger partial charge is 0.164 e. The Morgan fingerprint density at radius 1 is 1.27 bits per heavy atom. The van der Waals surface area contributed by atoms with Crippen LogP contribution >= 0.6 is 0 Å². The third-order valence-electron chi connectivity index (χ3n) is 2.15. The molecule has 0 aliphatic rings. The van der Waals surface area contributed by atoms with Gasteiger partial charge in [-0.05, 0) is 17.9 Å². The summed E-state index contributed by atoms with van der Waals surface area (Å²) in [5, 5.41) is 9.75. The zero-order valence-corrected chi connectivity index (χ0v) is 9.22. The first-order chi connectivity index (χ1) is 6.81. The van der Waals surface area contributed by atoms with Crippen LogP contribution in [0.2, 0.25) is 0 Å². The molecule has 0 saturated heterocycles. The van der Waals surface area contributed by atoms with Crippen molar-refractivity contribution in [3.8, 4) is 0 Å². The Morgan fingerprint density at radius 3 is 2.40 bits per heavy atom. The summed E-state index contributed by atoms with van der Waals surface area (Å²) in [7, 11) is 0. The maximum Gasteiger partial charge on any atom is 0.164 e. The fraction of sp³-hybridized carbons (Fsp3) is 0.500. The zero-order valence-electron chi connectivity index (χ0n) is 9.22. The summed E-state index contributed by atoms with van der Waals surface area (Å²) >= 11 is 0. The molecule has 1 unspecified atom stereocenters. The van der Waals surface area contributed by atoms with E-state index in [1.54, 1.807) is 0 Å². The van der Waals surface area contributed by atoms with E-state index in [-0.39, 0.29) is 11.0 Å². The van der Waals surface area contributed by atoms with Crippen molar-refractivity contribution in [3.63, 3.8) is 0 Å². The summed E-state index contributed by atoms with van der Waals surface area (Å²) in [6, 6.07) is 3.86. The van der Waals surface area contributed by atoms with E-state index in [0.29, 0.717) is 6.42 Å². The molecular formula is C12H16F2O. The van der Waals surface area contributed by atoms with Crippen LogP contribution in [0.5, 0.6) is 0 Å². The van der Waals surface area contributed by atoms with Crippen molar-refractivity contribution in [2.24, 2.45) is 5.41 Å². The average molecular weight is 214 g/mol. The SMILES string of the molecule is CC(C)(C)CC(O)c1cccc(F)c1F. The molecule has 0 heterocycles. The summed E-state index contributed by atoms with van der Waals surface area (Å²) in [4.78, 5) is 0. The number of aliphatic hydroxyl groups excluding tert-OH is 1. The van der Waals surface area contributed by atoms with Crippen molar-refractivity contribution in [2.45, 2.75) is 33.3 Å². The van der Waals surface area contributed by atoms with Crippen molar-refractivity contribution in [1.82, 2.24) is 0 Å². The van der Waals surface area contributed by atoms with E-state index in [9.17, 15) is 13.9 Å². The quantitative estimate of drug-likeness (QED) is 0.799. The predicted octanol–water partition coefficient (Wildman–Crippen LogP) is 3.43. The molecule has 84 valence electrons. The van der Waals surface area contributed by atoms with Gasteiger partial charge in [-0.3, -0.25) is 0 Å². The highest BCUT2D eigenvalue weighted by molar-refractivity contribution is 5.21. The predicted molar refractivity (Wildman–Crippen MR) is 55.4 cm³/mol. The zero-order chi connectivity index (χ0) is 11.6. The molecule has 0 saturated carbocycles. The Hall–Kier alpha value is -0.960. The van der Waals surface area contributed by atoms with Crippen LogP contribution in [-0.4, -0.2) is 5.11 Å². The molecule has 0 spiro atoms. The third-order valence-corrected chi connectivity index (χ3v) is 2.15. The molecule has 1 aromatic rings. The molecule has 0 aromatic heterocycles. The number of aliphatic hydroxyl groups is 1. The average Bonchev–Trinajstić information content (AvgIpc) is 2.06. The number of benzene rings is 1. The van der Waals surface area contributed by atoms with E-state index in [1.165, 1.54) is 12.1 Å². The molecule has 3 heteroatoms. The van der Waals surface area contributed by atoms with Gasteiger partial charge in [0.15, 0.2) is 11.6 Å². The molecular weight excluding hydrogens is 198 g/mol. The first kappa shape index (κ1) is 12.1. The topological polar surface area (TPSA) is 20.2 Å². The van der Waals surface area contributed by atoms with Crippen LogP contribution in [0.25, 0.3) is 0 Å². The number of halogens is 2. The fourth-order valence-electron chi connectivity index (χ4n) is 1.47. The van der Waals surface area contributed by atoms with Gasteiger partial charge in [-0.15, -0.1) is 0 Å². The molecule has 0 fully saturated rings. The normalized spacial score (nSPS) is 14.0. The number of hydrogen-bond donors (Lipinski definition) is 1. The van der Waals surface area contributed by atoms with E-state index in [2.05, 4.69) is 0 Å². The Bertz CT molecular complexity index is 342. The lowest BCUT2D eigenvalue weighted by atomic mass is 9.87. The summed E-state index contributed by atoms with van der Waals surface area (Å²) in [6.45, 7) is 5.81. The van der Waals surface area contributed by atoms with Gasteiger partial charge < -0.3 is 5.11 Å². The molecule has 1 atom stereocenters. The van der Waals surface area contributed by atoms with E-state index < -0.39 is 17.7 Å². The molecule has 1 nitrogen and oxygen atoms in total. The van der Waals surface area contributed by atoms with Crippen LogP contribution in [0.4, 0.5) is 8.78 Å². The summed E-state index contributed by atoms with van der Waals surface area (Å²) in [5.74, 6) is -1.87. The second kappa shape index (κ2) is 4.27. The summed E-state index contributed by atoms with van der Waals surface area (Å²) < 4.78 is 26.2. The summed E-state index contributed by atoms with van der Waals surface area (Å²) in [6.07, 6.45) is -0.561. The molecule has 0 bridgehead atoms. The van der Waals surface area contributed by atoms with Gasteiger partial charge in [-0.1, -0.05) is 32.9 Å². The van der Waals surface area contributed by atoms with Crippen LogP contribution in [-0.2, 0) is 0 Å². The number of hydrogen-bond acceptors (Lipinski definition) is 1. The highest BCUT2D eigenvalue weighted by Crippen LogP contribution is 2.30. The Labute approximate surface area is 88.7 Å². The van der Waals surface area contributed by atoms with Gasteiger partial charge in [0, 0.05) is 5.56 Å². The van der Waals surface area contributed by atoms with E-state index in [4.69, 9.17) is 0 Å². The van der Waals surface area contributed by atoms with Crippen molar-refractivity contribution in [3.05, 3.63) is 35.4 Å². The Balaban J connectivity index is 2.92. The lowest BCUT2D eigenvalue weighted by Crippen LogP contribution is -2.13. The van der Waals surface area contributed by atoms with Gasteiger partial charge in [0.25, 0.3) is 0 Å². The minimum atomic E-state index is -0.958. The molecule has 1 N–H and O–H groups in total. The molecule has 0 amide bonds. The molecule has 15 heavy (non-hydrogen) atoms. The van der Waals surface area contributed by atoms with Crippen molar-refractivity contribution in [1.29, 1.82) is 0 Å². The maximum absolute atomic E-state index is 13.3. The van der Waals surface area contributed by atoms with Gasteiger partial charge in [-0.2, -0.15) is 0 Å².